The number of aromatic nitrogens is 3. The summed E-state index contributed by atoms with van der Waals surface area (Å²) in [6.07, 6.45) is 4.66. The molecule has 6 nitrogen and oxygen atoms in total. The van der Waals surface area contributed by atoms with Gasteiger partial charge in [0.25, 0.3) is 0 Å². The number of methoxy groups -OCH3 is 1. The minimum absolute atomic E-state index is 0.485. The summed E-state index contributed by atoms with van der Waals surface area (Å²) >= 11 is 1.54. The van der Waals surface area contributed by atoms with Gasteiger partial charge in [-0.2, -0.15) is 9.61 Å². The number of benzene rings is 1. The van der Waals surface area contributed by atoms with Gasteiger partial charge in [0.2, 0.25) is 0 Å². The van der Waals surface area contributed by atoms with E-state index in [0.717, 1.165) is 40.6 Å². The van der Waals surface area contributed by atoms with Crippen LogP contribution in [-0.2, 0) is 0 Å². The van der Waals surface area contributed by atoms with Crippen molar-refractivity contribution < 1.29 is 9.53 Å². The summed E-state index contributed by atoms with van der Waals surface area (Å²) in [5, 5.41) is 8.55. The molecular formula is C17H16N4O2S. The van der Waals surface area contributed by atoms with Crippen molar-refractivity contribution in [2.45, 2.75) is 28.8 Å². The summed E-state index contributed by atoms with van der Waals surface area (Å²) < 4.78 is 6.88. The second kappa shape index (κ2) is 6.16. The average molecular weight is 340 g/mol. The first-order valence-corrected chi connectivity index (χ1v) is 8.51. The molecule has 24 heavy (non-hydrogen) atoms. The summed E-state index contributed by atoms with van der Waals surface area (Å²) in [7, 11) is 1.65. The zero-order chi connectivity index (χ0) is 16.5. The minimum Gasteiger partial charge on any atom is -0.497 e. The van der Waals surface area contributed by atoms with Gasteiger partial charge in [0.05, 0.1) is 18.9 Å². The van der Waals surface area contributed by atoms with E-state index in [1.807, 2.05) is 30.3 Å². The monoisotopic (exact) mass is 340 g/mol. The maximum absolute atomic E-state index is 11.2. The lowest BCUT2D eigenvalue weighted by Crippen LogP contribution is -2.08. The fourth-order valence-corrected chi connectivity index (χ4v) is 3.21. The highest BCUT2D eigenvalue weighted by atomic mass is 32.2. The second-order valence-electron chi connectivity index (χ2n) is 5.63. The van der Waals surface area contributed by atoms with Gasteiger partial charge in [-0.05, 0) is 37.1 Å². The van der Waals surface area contributed by atoms with Crippen molar-refractivity contribution in [2.75, 3.05) is 12.4 Å². The number of anilines is 1. The zero-order valence-corrected chi connectivity index (χ0v) is 13.9. The zero-order valence-electron chi connectivity index (χ0n) is 13.1. The topological polar surface area (TPSA) is 68.5 Å². The minimum atomic E-state index is 0.485. The standard InChI is InChI=1S/C17H16N4O2S/c1-23-13-4-6-14(7-5-13)24-16-8-15(19-12-2-3-12)21-17(20-16)11(10-22)9-18-21/h4-10,12,19H,2-3H2,1H3. The molecule has 122 valence electrons. The van der Waals surface area contributed by atoms with E-state index in [-0.39, 0.29) is 0 Å². The molecule has 1 N–H and O–H groups in total. The van der Waals surface area contributed by atoms with E-state index in [1.54, 1.807) is 29.6 Å². The van der Waals surface area contributed by atoms with Crippen LogP contribution in [0.25, 0.3) is 5.65 Å². The summed E-state index contributed by atoms with van der Waals surface area (Å²) in [5.74, 6) is 1.68. The number of ether oxygens (including phenoxy) is 1. The number of nitrogens with one attached hydrogen (secondary N) is 1. The number of fused-ring (bicyclic) bond motifs is 1. The van der Waals surface area contributed by atoms with Crippen LogP contribution >= 0.6 is 11.8 Å². The lowest BCUT2D eigenvalue weighted by atomic mass is 10.3. The Morgan fingerprint density at radius 2 is 2.12 bits per heavy atom. The van der Waals surface area contributed by atoms with Crippen LogP contribution in [0.5, 0.6) is 5.75 Å². The Labute approximate surface area is 143 Å². The van der Waals surface area contributed by atoms with Crippen LogP contribution in [0.15, 0.2) is 46.5 Å². The fraction of sp³-hybridized carbons (Fsp3) is 0.235. The van der Waals surface area contributed by atoms with E-state index in [1.165, 1.54) is 0 Å². The van der Waals surface area contributed by atoms with Crippen molar-refractivity contribution in [3.05, 3.63) is 42.1 Å². The Morgan fingerprint density at radius 3 is 2.79 bits per heavy atom. The molecule has 7 heteroatoms. The molecule has 0 bridgehead atoms. The molecule has 1 aliphatic rings. The molecule has 1 saturated carbocycles. The Bertz CT molecular complexity index is 887. The van der Waals surface area contributed by atoms with E-state index in [4.69, 9.17) is 4.74 Å². The molecule has 0 unspecified atom stereocenters. The molecule has 1 fully saturated rings. The van der Waals surface area contributed by atoms with Crippen molar-refractivity contribution in [1.82, 2.24) is 14.6 Å². The van der Waals surface area contributed by atoms with Crippen molar-refractivity contribution >= 4 is 29.5 Å². The number of aldehydes is 1. The molecule has 0 radical (unpaired) electrons. The first-order chi connectivity index (χ1) is 11.8. The highest BCUT2D eigenvalue weighted by Gasteiger charge is 2.23. The number of hydrogen-bond donors (Lipinski definition) is 1. The van der Waals surface area contributed by atoms with Crippen molar-refractivity contribution in [3.8, 4) is 5.75 Å². The molecule has 0 spiro atoms. The van der Waals surface area contributed by atoms with Crippen molar-refractivity contribution in [1.29, 1.82) is 0 Å². The largest absolute Gasteiger partial charge is 0.497 e. The molecule has 3 aromatic rings. The molecule has 0 atom stereocenters. The molecule has 4 rings (SSSR count). The van der Waals surface area contributed by atoms with Crippen molar-refractivity contribution in [2.24, 2.45) is 0 Å². The molecule has 0 aliphatic heterocycles. The normalized spacial score (nSPS) is 13.9. The third-order valence-electron chi connectivity index (χ3n) is 3.81. The molecule has 1 aliphatic carbocycles. The number of nitrogens with zero attached hydrogens (tertiary/aromatic N) is 3. The number of carbonyl (C=O) groups is 1. The fourth-order valence-electron chi connectivity index (χ4n) is 2.40. The Morgan fingerprint density at radius 1 is 1.33 bits per heavy atom. The SMILES string of the molecule is COc1ccc(Sc2cc(NC3CC3)n3ncc(C=O)c3n2)cc1. The van der Waals surface area contributed by atoms with Gasteiger partial charge in [0.15, 0.2) is 11.9 Å². The molecule has 2 aromatic heterocycles. The van der Waals surface area contributed by atoms with Crippen LogP contribution in [-0.4, -0.2) is 34.0 Å². The Balaban J connectivity index is 1.71. The predicted octanol–water partition coefficient (Wildman–Crippen LogP) is 3.28. The van der Waals surface area contributed by atoms with Crippen LogP contribution in [0.2, 0.25) is 0 Å². The quantitative estimate of drug-likeness (QED) is 0.549. The number of carbonyl (C=O) groups excluding carboxylic acids is 1. The summed E-state index contributed by atoms with van der Waals surface area (Å²) in [6, 6.07) is 10.3. The summed E-state index contributed by atoms with van der Waals surface area (Å²) in [4.78, 5) is 16.9. The number of rotatable bonds is 6. The highest BCUT2D eigenvalue weighted by molar-refractivity contribution is 7.99. The summed E-state index contributed by atoms with van der Waals surface area (Å²) in [5.41, 5.74) is 1.07. The molecule has 0 saturated heterocycles. The van der Waals surface area contributed by atoms with E-state index in [0.29, 0.717) is 17.3 Å². The molecule has 2 heterocycles. The van der Waals surface area contributed by atoms with Crippen LogP contribution in [0, 0.1) is 0 Å². The Hall–Kier alpha value is -2.54. The smallest absolute Gasteiger partial charge is 0.169 e. The van der Waals surface area contributed by atoms with E-state index in [9.17, 15) is 4.79 Å². The summed E-state index contributed by atoms with van der Waals surface area (Å²) in [6.45, 7) is 0. The molecule has 1 aromatic carbocycles. The van der Waals surface area contributed by atoms with Gasteiger partial charge < -0.3 is 10.1 Å². The average Bonchev–Trinajstić information content (AvgIpc) is 3.32. The van der Waals surface area contributed by atoms with Crippen molar-refractivity contribution in [3.63, 3.8) is 0 Å². The van der Waals surface area contributed by atoms with Gasteiger partial charge in [0.1, 0.15) is 16.6 Å². The third kappa shape index (κ3) is 2.94. The first kappa shape index (κ1) is 15.0. The van der Waals surface area contributed by atoms with Crippen LogP contribution in [0.1, 0.15) is 23.2 Å². The van der Waals surface area contributed by atoms with Gasteiger partial charge >= 0.3 is 0 Å². The maximum Gasteiger partial charge on any atom is 0.169 e. The number of hydrogen-bond acceptors (Lipinski definition) is 6. The Kier molecular flexibility index (Phi) is 3.86. The van der Waals surface area contributed by atoms with Gasteiger partial charge in [-0.25, -0.2) is 4.98 Å². The lowest BCUT2D eigenvalue weighted by Gasteiger charge is -2.10. The molecular weight excluding hydrogens is 324 g/mol. The van der Waals surface area contributed by atoms with Gasteiger partial charge in [-0.1, -0.05) is 11.8 Å². The predicted molar refractivity (Wildman–Crippen MR) is 92.1 cm³/mol. The molecule has 0 amide bonds. The second-order valence-corrected chi connectivity index (χ2v) is 6.72. The van der Waals surface area contributed by atoms with E-state index >= 15 is 0 Å². The van der Waals surface area contributed by atoms with Crippen LogP contribution < -0.4 is 10.1 Å². The lowest BCUT2D eigenvalue weighted by molar-refractivity contribution is 0.112. The third-order valence-corrected chi connectivity index (χ3v) is 4.74. The van der Waals surface area contributed by atoms with Crippen LogP contribution in [0.3, 0.4) is 0 Å². The first-order valence-electron chi connectivity index (χ1n) is 7.69. The highest BCUT2D eigenvalue weighted by Crippen LogP contribution is 2.32. The van der Waals surface area contributed by atoms with Gasteiger partial charge in [0, 0.05) is 17.0 Å². The van der Waals surface area contributed by atoms with Gasteiger partial charge in [-0.15, -0.1) is 0 Å². The van der Waals surface area contributed by atoms with E-state index < -0.39 is 0 Å². The van der Waals surface area contributed by atoms with E-state index in [2.05, 4.69) is 15.4 Å². The maximum atomic E-state index is 11.2. The van der Waals surface area contributed by atoms with Gasteiger partial charge in [-0.3, -0.25) is 4.79 Å². The van der Waals surface area contributed by atoms with Crippen LogP contribution in [0.4, 0.5) is 5.82 Å².